The van der Waals surface area contributed by atoms with Crippen LogP contribution in [0.1, 0.15) is 16.8 Å². The van der Waals surface area contributed by atoms with Crippen LogP contribution in [0.25, 0.3) is 0 Å². The van der Waals surface area contributed by atoms with Crippen molar-refractivity contribution in [2.75, 3.05) is 29.2 Å². The van der Waals surface area contributed by atoms with Crippen LogP contribution in [-0.4, -0.2) is 35.7 Å². The van der Waals surface area contributed by atoms with E-state index in [9.17, 15) is 4.79 Å². The number of carboxylic acids is 1. The molecular formula is C12H16N2O2S. The molecule has 4 nitrogen and oxygen atoms in total. The lowest BCUT2D eigenvalue weighted by Crippen LogP contribution is -2.31. The van der Waals surface area contributed by atoms with Crippen LogP contribution in [0.4, 0.5) is 11.4 Å². The first-order valence-electron chi connectivity index (χ1n) is 5.53. The number of nitrogens with zero attached hydrogens (tertiary/aromatic N) is 1. The first-order chi connectivity index (χ1) is 8.09. The van der Waals surface area contributed by atoms with Crippen molar-refractivity contribution in [2.45, 2.75) is 12.5 Å². The van der Waals surface area contributed by atoms with Crippen LogP contribution in [0, 0.1) is 0 Å². The number of nitrogen functional groups attached to an aromatic ring is 1. The zero-order chi connectivity index (χ0) is 12.4. The van der Waals surface area contributed by atoms with Gasteiger partial charge < -0.3 is 15.7 Å². The molecule has 0 saturated carbocycles. The van der Waals surface area contributed by atoms with E-state index in [4.69, 9.17) is 10.8 Å². The molecule has 0 radical (unpaired) electrons. The third-order valence-corrected chi connectivity index (χ3v) is 4.27. The molecule has 17 heavy (non-hydrogen) atoms. The molecule has 0 aliphatic carbocycles. The number of aromatic carboxylic acids is 1. The van der Waals surface area contributed by atoms with Gasteiger partial charge in [0.2, 0.25) is 0 Å². The summed E-state index contributed by atoms with van der Waals surface area (Å²) in [6, 6.07) is 5.66. The molecule has 0 spiro atoms. The van der Waals surface area contributed by atoms with Crippen molar-refractivity contribution in [1.29, 1.82) is 0 Å². The second kappa shape index (κ2) is 4.87. The largest absolute Gasteiger partial charge is 0.478 e. The van der Waals surface area contributed by atoms with Crippen LogP contribution < -0.4 is 10.6 Å². The molecule has 1 unspecified atom stereocenters. The number of rotatable bonds is 3. The van der Waals surface area contributed by atoms with Crippen molar-refractivity contribution < 1.29 is 9.90 Å². The highest BCUT2D eigenvalue weighted by Crippen LogP contribution is 2.28. The van der Waals surface area contributed by atoms with Gasteiger partial charge in [-0.3, -0.25) is 0 Å². The van der Waals surface area contributed by atoms with Gasteiger partial charge in [0.1, 0.15) is 0 Å². The van der Waals surface area contributed by atoms with Gasteiger partial charge in [0.25, 0.3) is 0 Å². The number of carboxylic acid groups (broad SMARTS) is 1. The summed E-state index contributed by atoms with van der Waals surface area (Å²) in [4.78, 5) is 13.0. The fourth-order valence-electron chi connectivity index (χ4n) is 2.00. The van der Waals surface area contributed by atoms with Gasteiger partial charge in [-0.1, -0.05) is 0 Å². The number of benzene rings is 1. The molecular weight excluding hydrogens is 236 g/mol. The Morgan fingerprint density at radius 1 is 1.59 bits per heavy atom. The maximum absolute atomic E-state index is 10.9. The Labute approximate surface area is 105 Å². The fraction of sp³-hybridized carbons (Fsp3) is 0.417. The number of hydrogen-bond acceptors (Lipinski definition) is 4. The predicted octanol–water partition coefficient (Wildman–Crippen LogP) is 1.91. The monoisotopic (exact) mass is 252 g/mol. The quantitative estimate of drug-likeness (QED) is 0.804. The minimum absolute atomic E-state index is 0.169. The van der Waals surface area contributed by atoms with E-state index >= 15 is 0 Å². The smallest absolute Gasteiger partial charge is 0.337 e. The van der Waals surface area contributed by atoms with Crippen molar-refractivity contribution >= 4 is 29.1 Å². The van der Waals surface area contributed by atoms with Crippen molar-refractivity contribution in [3.05, 3.63) is 23.8 Å². The van der Waals surface area contributed by atoms with Crippen LogP contribution in [0.2, 0.25) is 0 Å². The van der Waals surface area contributed by atoms with Crippen molar-refractivity contribution in [3.8, 4) is 0 Å². The molecule has 5 heteroatoms. The first kappa shape index (κ1) is 12.1. The standard InChI is InChI=1S/C12H16N2O2S/c1-14(9-4-5-17-7-9)8-2-3-10(12(15)16)11(13)6-8/h2-3,6,9H,4-5,7,13H2,1H3,(H,15,16). The fourth-order valence-corrected chi connectivity index (χ4v) is 3.27. The number of nitrogens with two attached hydrogens (primary N) is 1. The van der Waals surface area contributed by atoms with Gasteiger partial charge in [-0.25, -0.2) is 4.79 Å². The van der Waals surface area contributed by atoms with Gasteiger partial charge >= 0.3 is 5.97 Å². The Hall–Kier alpha value is -1.36. The van der Waals surface area contributed by atoms with Gasteiger partial charge in [-0.05, 0) is 30.4 Å². The van der Waals surface area contributed by atoms with Crippen LogP contribution >= 0.6 is 11.8 Å². The minimum atomic E-state index is -0.979. The van der Waals surface area contributed by atoms with Gasteiger partial charge in [0.05, 0.1) is 5.56 Å². The molecule has 3 N–H and O–H groups in total. The molecule has 1 saturated heterocycles. The van der Waals surface area contributed by atoms with Crippen molar-refractivity contribution in [1.82, 2.24) is 0 Å². The average molecular weight is 252 g/mol. The number of carbonyl (C=O) groups is 1. The van der Waals surface area contributed by atoms with Gasteiger partial charge in [0.15, 0.2) is 0 Å². The summed E-state index contributed by atoms with van der Waals surface area (Å²) in [5.74, 6) is 1.34. The highest BCUT2D eigenvalue weighted by molar-refractivity contribution is 7.99. The molecule has 0 bridgehead atoms. The van der Waals surface area contributed by atoms with E-state index in [1.54, 1.807) is 12.1 Å². The summed E-state index contributed by atoms with van der Waals surface area (Å²) in [6.07, 6.45) is 1.17. The van der Waals surface area contributed by atoms with E-state index in [1.807, 2.05) is 24.9 Å². The molecule has 2 rings (SSSR count). The first-order valence-corrected chi connectivity index (χ1v) is 6.68. The maximum Gasteiger partial charge on any atom is 0.337 e. The number of thioether (sulfide) groups is 1. The second-order valence-electron chi connectivity index (χ2n) is 4.21. The van der Waals surface area contributed by atoms with E-state index in [-0.39, 0.29) is 5.56 Å². The SMILES string of the molecule is CN(c1ccc(C(=O)O)c(N)c1)C1CCSC1. The molecule has 0 amide bonds. The molecule has 1 atom stereocenters. The second-order valence-corrected chi connectivity index (χ2v) is 5.35. The third-order valence-electron chi connectivity index (χ3n) is 3.13. The lowest BCUT2D eigenvalue weighted by Gasteiger charge is -2.26. The highest BCUT2D eigenvalue weighted by Gasteiger charge is 2.21. The van der Waals surface area contributed by atoms with E-state index in [0.717, 1.165) is 11.4 Å². The summed E-state index contributed by atoms with van der Waals surface area (Å²) in [5, 5.41) is 8.91. The lowest BCUT2D eigenvalue weighted by molar-refractivity contribution is 0.0698. The van der Waals surface area contributed by atoms with Crippen LogP contribution in [-0.2, 0) is 0 Å². The lowest BCUT2D eigenvalue weighted by atomic mass is 10.1. The number of hydrogen-bond donors (Lipinski definition) is 2. The third kappa shape index (κ3) is 2.49. The topological polar surface area (TPSA) is 66.6 Å². The molecule has 1 fully saturated rings. The van der Waals surface area contributed by atoms with Gasteiger partial charge in [0, 0.05) is 30.2 Å². The summed E-state index contributed by atoms with van der Waals surface area (Å²) in [7, 11) is 2.03. The van der Waals surface area contributed by atoms with Crippen LogP contribution in [0.3, 0.4) is 0 Å². The van der Waals surface area contributed by atoms with Crippen LogP contribution in [0.15, 0.2) is 18.2 Å². The Bertz CT molecular complexity index is 431. The Morgan fingerprint density at radius 3 is 2.88 bits per heavy atom. The summed E-state index contributed by atoms with van der Waals surface area (Å²) in [6.45, 7) is 0. The molecule has 1 aliphatic heterocycles. The number of anilines is 2. The maximum atomic E-state index is 10.9. The van der Waals surface area contributed by atoms with Gasteiger partial charge in [-0.15, -0.1) is 0 Å². The van der Waals surface area contributed by atoms with E-state index < -0.39 is 5.97 Å². The zero-order valence-corrected chi connectivity index (χ0v) is 10.5. The highest BCUT2D eigenvalue weighted by atomic mass is 32.2. The van der Waals surface area contributed by atoms with E-state index in [2.05, 4.69) is 4.90 Å². The van der Waals surface area contributed by atoms with Gasteiger partial charge in [-0.2, -0.15) is 11.8 Å². The molecule has 1 aromatic rings. The zero-order valence-electron chi connectivity index (χ0n) is 9.72. The Morgan fingerprint density at radius 2 is 2.35 bits per heavy atom. The molecule has 0 aromatic heterocycles. The van der Waals surface area contributed by atoms with Crippen molar-refractivity contribution in [3.63, 3.8) is 0 Å². The summed E-state index contributed by atoms with van der Waals surface area (Å²) >= 11 is 1.95. The van der Waals surface area contributed by atoms with E-state index in [1.165, 1.54) is 12.2 Å². The van der Waals surface area contributed by atoms with Crippen LogP contribution in [0.5, 0.6) is 0 Å². The molecule has 1 aliphatic rings. The normalized spacial score (nSPS) is 19.2. The summed E-state index contributed by atoms with van der Waals surface area (Å²) < 4.78 is 0. The van der Waals surface area contributed by atoms with Crippen molar-refractivity contribution in [2.24, 2.45) is 0 Å². The molecule has 1 heterocycles. The predicted molar refractivity (Wildman–Crippen MR) is 71.9 cm³/mol. The molecule has 92 valence electrons. The van der Waals surface area contributed by atoms with E-state index in [0.29, 0.717) is 11.7 Å². The average Bonchev–Trinajstić information content (AvgIpc) is 2.80. The Balaban J connectivity index is 2.21. The molecule has 1 aromatic carbocycles. The Kier molecular flexibility index (Phi) is 3.47. The summed E-state index contributed by atoms with van der Waals surface area (Å²) in [5.41, 5.74) is 7.23. The minimum Gasteiger partial charge on any atom is -0.478 e.